The number of hydrogen-bond donors (Lipinski definition) is 2. The van der Waals surface area contributed by atoms with E-state index in [4.69, 9.17) is 5.73 Å². The number of thiophene rings is 1. The Kier molecular flexibility index (Phi) is 6.83. The molecule has 1 aliphatic heterocycles. The maximum atomic E-state index is 13.7. The van der Waals surface area contributed by atoms with Gasteiger partial charge in [-0.25, -0.2) is 23.4 Å². The van der Waals surface area contributed by atoms with E-state index in [1.165, 1.54) is 22.9 Å². The summed E-state index contributed by atoms with van der Waals surface area (Å²) in [6.45, 7) is 3.82. The van der Waals surface area contributed by atoms with Crippen molar-refractivity contribution >= 4 is 33.2 Å². The van der Waals surface area contributed by atoms with E-state index in [9.17, 15) is 26.4 Å². The van der Waals surface area contributed by atoms with Gasteiger partial charge in [0.1, 0.15) is 5.56 Å². The van der Waals surface area contributed by atoms with Gasteiger partial charge in [-0.15, -0.1) is 11.3 Å². The van der Waals surface area contributed by atoms with Crippen molar-refractivity contribution < 1.29 is 26.4 Å². The summed E-state index contributed by atoms with van der Waals surface area (Å²) in [6, 6.07) is 1.02. The monoisotopic (exact) mass is 543 g/mol. The third-order valence-corrected chi connectivity index (χ3v) is 8.79. The number of aryl methyl sites for hydroxylation is 2. The number of aromatic nitrogens is 4. The van der Waals surface area contributed by atoms with Crippen LogP contribution >= 0.6 is 11.3 Å². The molecule has 15 heteroatoms. The zero-order chi connectivity index (χ0) is 26.4. The van der Waals surface area contributed by atoms with Gasteiger partial charge in [0.15, 0.2) is 5.03 Å². The minimum absolute atomic E-state index is 0.0254. The number of anilines is 1. The van der Waals surface area contributed by atoms with E-state index < -0.39 is 27.7 Å². The predicted molar refractivity (Wildman–Crippen MR) is 127 cm³/mol. The molecule has 3 aromatic heterocycles. The lowest BCUT2D eigenvalue weighted by Gasteiger charge is -2.36. The number of nitrogens with zero attached hydrogens (tertiary/aromatic N) is 5. The van der Waals surface area contributed by atoms with Crippen molar-refractivity contribution in [3.8, 4) is 10.6 Å². The Morgan fingerprint density at radius 1 is 1.31 bits per heavy atom. The number of nitrogens with two attached hydrogens (primary N) is 1. The van der Waals surface area contributed by atoms with Crippen LogP contribution in [0.5, 0.6) is 0 Å². The summed E-state index contributed by atoms with van der Waals surface area (Å²) in [5.41, 5.74) is 4.07. The van der Waals surface area contributed by atoms with Crippen LogP contribution in [-0.4, -0.2) is 57.3 Å². The molecule has 4 rings (SSSR count). The molecule has 1 aliphatic rings. The molecule has 0 aliphatic carbocycles. The lowest BCUT2D eigenvalue weighted by molar-refractivity contribution is -0.137. The number of piperidine rings is 1. The van der Waals surface area contributed by atoms with Gasteiger partial charge in [0.25, 0.3) is 10.0 Å². The molecule has 194 valence electrons. The molecular formula is C21H24F3N7O3S2. The summed E-state index contributed by atoms with van der Waals surface area (Å²) < 4.78 is 69.7. The first-order chi connectivity index (χ1) is 16.8. The third-order valence-electron chi connectivity index (χ3n) is 5.98. The molecule has 1 saturated heterocycles. The molecule has 0 unspecified atom stereocenters. The molecule has 10 nitrogen and oxygen atoms in total. The van der Waals surface area contributed by atoms with E-state index in [1.807, 2.05) is 6.92 Å². The van der Waals surface area contributed by atoms with E-state index in [0.717, 1.165) is 11.3 Å². The molecule has 2 atom stereocenters. The van der Waals surface area contributed by atoms with Gasteiger partial charge in [0.05, 0.1) is 22.5 Å². The van der Waals surface area contributed by atoms with E-state index in [0.29, 0.717) is 17.5 Å². The fourth-order valence-corrected chi connectivity index (χ4v) is 6.60. The first-order valence-electron chi connectivity index (χ1n) is 10.9. The highest BCUT2D eigenvalue weighted by Crippen LogP contribution is 2.39. The van der Waals surface area contributed by atoms with Crippen molar-refractivity contribution in [2.45, 2.75) is 37.5 Å². The van der Waals surface area contributed by atoms with Gasteiger partial charge < -0.3 is 15.6 Å². The fraction of sp³-hybridized carbons (Fsp3) is 0.429. The zero-order valence-electron chi connectivity index (χ0n) is 19.6. The molecule has 3 N–H and O–H groups in total. The molecule has 3 aromatic rings. The average molecular weight is 544 g/mol. The lowest BCUT2D eigenvalue weighted by Crippen LogP contribution is -2.47. The average Bonchev–Trinajstić information content (AvgIpc) is 3.40. The largest absolute Gasteiger partial charge is 0.420 e. The number of halogens is 3. The molecule has 0 radical (unpaired) electrons. The Labute approximate surface area is 209 Å². The van der Waals surface area contributed by atoms with Crippen LogP contribution in [0.1, 0.15) is 34.1 Å². The van der Waals surface area contributed by atoms with Crippen molar-refractivity contribution in [3.63, 3.8) is 0 Å². The Bertz CT molecular complexity index is 1400. The molecule has 1 fully saturated rings. The molecule has 0 spiro atoms. The number of alkyl halides is 3. The zero-order valence-corrected chi connectivity index (χ0v) is 21.2. The number of primary amides is 1. The second kappa shape index (κ2) is 9.44. The van der Waals surface area contributed by atoms with Crippen LogP contribution in [0.25, 0.3) is 10.6 Å². The minimum Gasteiger partial charge on any atom is -0.366 e. The second-order valence-corrected chi connectivity index (χ2v) is 11.8. The van der Waals surface area contributed by atoms with Crippen molar-refractivity contribution in [1.82, 2.24) is 23.8 Å². The fourth-order valence-electron chi connectivity index (χ4n) is 4.05. The molecule has 0 aromatic carbocycles. The SMILES string of the molecule is Cc1sc(-c2nc(N[C@H]3CCN(S(=O)(=O)c4cn(C)cn4)C[C@H]3C)ncc2C(F)(F)F)cc1C(N)=O. The minimum atomic E-state index is -4.71. The normalized spacial score (nSPS) is 19.4. The lowest BCUT2D eigenvalue weighted by atomic mass is 9.95. The van der Waals surface area contributed by atoms with Crippen LogP contribution in [-0.2, 0) is 23.2 Å². The number of carbonyl (C=O) groups is 1. The van der Waals surface area contributed by atoms with E-state index >= 15 is 0 Å². The molecule has 36 heavy (non-hydrogen) atoms. The standard InChI is InChI=1S/C21H24F3N7O3S2/c1-11-8-31(36(33,34)17-9-30(3)10-27-17)5-4-15(11)28-20-26-7-14(21(22,23)24)18(29-20)16-6-13(19(25)32)12(2)35-16/h6-7,9-11,15H,4-5,8H2,1-3H3,(H2,25,32)(H,26,28,29)/t11-,15+/m1/s1. The van der Waals surface area contributed by atoms with E-state index in [1.54, 1.807) is 18.5 Å². The number of imidazole rings is 1. The van der Waals surface area contributed by atoms with Crippen LogP contribution in [0.2, 0.25) is 0 Å². The van der Waals surface area contributed by atoms with Crippen LogP contribution in [0.3, 0.4) is 0 Å². The van der Waals surface area contributed by atoms with Gasteiger partial charge in [-0.05, 0) is 25.3 Å². The van der Waals surface area contributed by atoms with Crippen LogP contribution in [0.4, 0.5) is 19.1 Å². The maximum Gasteiger partial charge on any atom is 0.420 e. The predicted octanol–water partition coefficient (Wildman–Crippen LogP) is 2.88. The van der Waals surface area contributed by atoms with Gasteiger partial charge in [-0.1, -0.05) is 6.92 Å². The summed E-state index contributed by atoms with van der Waals surface area (Å²) in [7, 11) is -2.09. The first-order valence-corrected chi connectivity index (χ1v) is 13.1. The summed E-state index contributed by atoms with van der Waals surface area (Å²) in [5.74, 6) is -0.961. The van der Waals surface area contributed by atoms with Crippen molar-refractivity contribution in [2.75, 3.05) is 18.4 Å². The summed E-state index contributed by atoms with van der Waals surface area (Å²) in [6.07, 6.45) is -0.785. The number of sulfonamides is 1. The Morgan fingerprint density at radius 3 is 2.58 bits per heavy atom. The van der Waals surface area contributed by atoms with Crippen molar-refractivity contribution in [1.29, 1.82) is 0 Å². The number of carbonyl (C=O) groups excluding carboxylic acids is 1. The molecular weight excluding hydrogens is 519 g/mol. The third kappa shape index (κ3) is 5.08. The first kappa shape index (κ1) is 26.0. The molecule has 4 heterocycles. The summed E-state index contributed by atoms with van der Waals surface area (Å²) in [5, 5.41) is 3.02. The molecule has 0 bridgehead atoms. The number of nitrogens with one attached hydrogen (secondary N) is 1. The van der Waals surface area contributed by atoms with Crippen molar-refractivity contribution in [3.05, 3.63) is 40.8 Å². The van der Waals surface area contributed by atoms with Gasteiger partial charge in [-0.2, -0.15) is 17.5 Å². The second-order valence-electron chi connectivity index (χ2n) is 8.66. The Hall–Kier alpha value is -3.04. The van der Waals surface area contributed by atoms with Crippen LogP contribution in [0, 0.1) is 12.8 Å². The van der Waals surface area contributed by atoms with Crippen LogP contribution in [0.15, 0.2) is 29.8 Å². The van der Waals surface area contributed by atoms with Gasteiger partial charge in [-0.3, -0.25) is 4.79 Å². The maximum absolute atomic E-state index is 13.7. The van der Waals surface area contributed by atoms with E-state index in [2.05, 4.69) is 20.3 Å². The Morgan fingerprint density at radius 2 is 2.03 bits per heavy atom. The van der Waals surface area contributed by atoms with Crippen LogP contribution < -0.4 is 11.1 Å². The molecule has 0 saturated carbocycles. The summed E-state index contributed by atoms with van der Waals surface area (Å²) in [4.78, 5) is 24.2. The topological polar surface area (TPSA) is 136 Å². The number of rotatable bonds is 6. The number of amides is 1. The quantitative estimate of drug-likeness (QED) is 0.488. The highest BCUT2D eigenvalue weighted by molar-refractivity contribution is 7.89. The smallest absolute Gasteiger partial charge is 0.366 e. The van der Waals surface area contributed by atoms with Gasteiger partial charge in [0.2, 0.25) is 11.9 Å². The highest BCUT2D eigenvalue weighted by atomic mass is 32.2. The van der Waals surface area contributed by atoms with Crippen molar-refractivity contribution in [2.24, 2.45) is 18.7 Å². The van der Waals surface area contributed by atoms with Gasteiger partial charge >= 0.3 is 6.18 Å². The number of hydrogen-bond acceptors (Lipinski definition) is 8. The Balaban J connectivity index is 1.57. The highest BCUT2D eigenvalue weighted by Gasteiger charge is 2.38. The van der Waals surface area contributed by atoms with E-state index in [-0.39, 0.29) is 52.2 Å². The van der Waals surface area contributed by atoms with Gasteiger partial charge in [0, 0.05) is 43.4 Å². The summed E-state index contributed by atoms with van der Waals surface area (Å²) >= 11 is 0.984. The molecule has 1 amide bonds.